The SMILES string of the molecule is Cc1cc(NC(=O)c2cccc(N)c2Cl)n(C)n1. The van der Waals surface area contributed by atoms with Crippen LogP contribution in [-0.4, -0.2) is 15.7 Å². The third-order valence-corrected chi connectivity index (χ3v) is 2.94. The lowest BCUT2D eigenvalue weighted by Crippen LogP contribution is -2.15. The van der Waals surface area contributed by atoms with Crippen molar-refractivity contribution in [2.75, 3.05) is 11.1 Å². The lowest BCUT2D eigenvalue weighted by atomic mass is 10.2. The molecular formula is C12H13ClN4O. The molecule has 0 radical (unpaired) electrons. The zero-order chi connectivity index (χ0) is 13.3. The Hall–Kier alpha value is -2.01. The van der Waals surface area contributed by atoms with Crippen molar-refractivity contribution in [1.29, 1.82) is 0 Å². The molecule has 2 rings (SSSR count). The third kappa shape index (κ3) is 2.31. The van der Waals surface area contributed by atoms with Gasteiger partial charge in [0.05, 0.1) is 22.0 Å². The molecule has 0 unspecified atom stereocenters. The molecule has 0 bridgehead atoms. The van der Waals surface area contributed by atoms with Crippen LogP contribution >= 0.6 is 11.6 Å². The summed E-state index contributed by atoms with van der Waals surface area (Å²) in [4.78, 5) is 12.1. The predicted octanol–water partition coefficient (Wildman–Crippen LogP) is 2.22. The average molecular weight is 265 g/mol. The Morgan fingerprint density at radius 2 is 2.22 bits per heavy atom. The fourth-order valence-corrected chi connectivity index (χ4v) is 1.85. The monoisotopic (exact) mass is 264 g/mol. The van der Waals surface area contributed by atoms with E-state index in [1.54, 1.807) is 36.0 Å². The summed E-state index contributed by atoms with van der Waals surface area (Å²) in [5, 5.41) is 7.14. The van der Waals surface area contributed by atoms with Crippen molar-refractivity contribution < 1.29 is 4.79 Å². The normalized spacial score (nSPS) is 10.4. The molecule has 0 aliphatic carbocycles. The number of aryl methyl sites for hydroxylation is 2. The van der Waals surface area contributed by atoms with Crippen molar-refractivity contribution in [2.24, 2.45) is 7.05 Å². The van der Waals surface area contributed by atoms with Gasteiger partial charge in [0, 0.05) is 13.1 Å². The summed E-state index contributed by atoms with van der Waals surface area (Å²) in [6.07, 6.45) is 0. The number of nitrogens with two attached hydrogens (primary N) is 1. The number of anilines is 2. The van der Waals surface area contributed by atoms with Gasteiger partial charge in [0.15, 0.2) is 0 Å². The van der Waals surface area contributed by atoms with Crippen LogP contribution in [-0.2, 0) is 7.05 Å². The first-order valence-corrected chi connectivity index (χ1v) is 5.73. The lowest BCUT2D eigenvalue weighted by molar-refractivity contribution is 0.102. The van der Waals surface area contributed by atoms with Gasteiger partial charge < -0.3 is 11.1 Å². The van der Waals surface area contributed by atoms with Gasteiger partial charge >= 0.3 is 0 Å². The predicted molar refractivity (Wildman–Crippen MR) is 71.8 cm³/mol. The number of benzene rings is 1. The molecule has 0 spiro atoms. The molecule has 5 nitrogen and oxygen atoms in total. The molecule has 1 heterocycles. The van der Waals surface area contributed by atoms with Gasteiger partial charge in [-0.1, -0.05) is 17.7 Å². The summed E-state index contributed by atoms with van der Waals surface area (Å²) >= 11 is 5.99. The van der Waals surface area contributed by atoms with Crippen molar-refractivity contribution in [2.45, 2.75) is 6.92 Å². The van der Waals surface area contributed by atoms with E-state index in [0.29, 0.717) is 17.1 Å². The molecule has 0 saturated carbocycles. The van der Waals surface area contributed by atoms with Gasteiger partial charge in [0.1, 0.15) is 5.82 Å². The van der Waals surface area contributed by atoms with Crippen LogP contribution in [0.5, 0.6) is 0 Å². The second kappa shape index (κ2) is 4.70. The number of carbonyl (C=O) groups excluding carboxylic acids is 1. The Morgan fingerprint density at radius 3 is 2.83 bits per heavy atom. The van der Waals surface area contributed by atoms with E-state index in [9.17, 15) is 4.79 Å². The molecule has 1 amide bonds. The highest BCUT2D eigenvalue weighted by molar-refractivity contribution is 6.36. The van der Waals surface area contributed by atoms with Gasteiger partial charge in [-0.05, 0) is 19.1 Å². The summed E-state index contributed by atoms with van der Waals surface area (Å²) in [6.45, 7) is 1.85. The molecule has 0 aliphatic rings. The molecule has 3 N–H and O–H groups in total. The minimum atomic E-state index is -0.310. The summed E-state index contributed by atoms with van der Waals surface area (Å²) in [7, 11) is 1.75. The fourth-order valence-electron chi connectivity index (χ4n) is 1.64. The van der Waals surface area contributed by atoms with E-state index in [-0.39, 0.29) is 10.9 Å². The van der Waals surface area contributed by atoms with Crippen LogP contribution in [0, 0.1) is 6.92 Å². The van der Waals surface area contributed by atoms with Crippen LogP contribution in [0.25, 0.3) is 0 Å². The van der Waals surface area contributed by atoms with E-state index < -0.39 is 0 Å². The average Bonchev–Trinajstić information content (AvgIpc) is 2.61. The second-order valence-corrected chi connectivity index (χ2v) is 4.34. The van der Waals surface area contributed by atoms with Gasteiger partial charge in [0.2, 0.25) is 0 Å². The van der Waals surface area contributed by atoms with Crippen molar-refractivity contribution >= 4 is 29.0 Å². The first-order valence-electron chi connectivity index (χ1n) is 5.35. The van der Waals surface area contributed by atoms with Crippen LogP contribution in [0.4, 0.5) is 11.5 Å². The van der Waals surface area contributed by atoms with E-state index in [0.717, 1.165) is 5.69 Å². The summed E-state index contributed by atoms with van der Waals surface area (Å²) in [6, 6.07) is 6.73. The number of amides is 1. The molecule has 1 aromatic carbocycles. The lowest BCUT2D eigenvalue weighted by Gasteiger charge is -2.07. The van der Waals surface area contributed by atoms with Gasteiger partial charge in [0.25, 0.3) is 5.91 Å². The molecule has 0 saturated heterocycles. The zero-order valence-electron chi connectivity index (χ0n) is 10.1. The number of hydrogen-bond acceptors (Lipinski definition) is 3. The van der Waals surface area contributed by atoms with Gasteiger partial charge in [-0.3, -0.25) is 9.48 Å². The quantitative estimate of drug-likeness (QED) is 0.817. The Labute approximate surface area is 110 Å². The van der Waals surface area contributed by atoms with Gasteiger partial charge in [-0.15, -0.1) is 0 Å². The van der Waals surface area contributed by atoms with E-state index in [1.165, 1.54) is 0 Å². The Balaban J connectivity index is 2.27. The minimum absolute atomic E-state index is 0.258. The maximum absolute atomic E-state index is 12.1. The number of nitrogens with one attached hydrogen (secondary N) is 1. The Bertz CT molecular complexity index is 606. The van der Waals surface area contributed by atoms with Crippen LogP contribution < -0.4 is 11.1 Å². The van der Waals surface area contributed by atoms with E-state index >= 15 is 0 Å². The van der Waals surface area contributed by atoms with Crippen molar-refractivity contribution in [3.63, 3.8) is 0 Å². The highest BCUT2D eigenvalue weighted by Crippen LogP contribution is 2.23. The van der Waals surface area contributed by atoms with Gasteiger partial charge in [-0.2, -0.15) is 5.10 Å². The van der Waals surface area contributed by atoms with E-state index in [1.807, 2.05) is 6.92 Å². The van der Waals surface area contributed by atoms with Crippen molar-refractivity contribution in [1.82, 2.24) is 9.78 Å². The highest BCUT2D eigenvalue weighted by atomic mass is 35.5. The minimum Gasteiger partial charge on any atom is -0.398 e. The molecule has 94 valence electrons. The van der Waals surface area contributed by atoms with Crippen LogP contribution in [0.2, 0.25) is 5.02 Å². The number of aromatic nitrogens is 2. The summed E-state index contributed by atoms with van der Waals surface area (Å²) < 4.78 is 1.59. The number of nitrogens with zero attached hydrogens (tertiary/aromatic N) is 2. The van der Waals surface area contributed by atoms with E-state index in [4.69, 9.17) is 17.3 Å². The first kappa shape index (κ1) is 12.4. The van der Waals surface area contributed by atoms with Crippen LogP contribution in [0.3, 0.4) is 0 Å². The summed E-state index contributed by atoms with van der Waals surface area (Å²) in [5.74, 6) is 0.297. The highest BCUT2D eigenvalue weighted by Gasteiger charge is 2.14. The molecule has 0 aliphatic heterocycles. The van der Waals surface area contributed by atoms with Gasteiger partial charge in [-0.25, -0.2) is 0 Å². The molecular weight excluding hydrogens is 252 g/mol. The molecule has 2 aromatic rings. The zero-order valence-corrected chi connectivity index (χ0v) is 10.8. The van der Waals surface area contributed by atoms with Crippen molar-refractivity contribution in [3.8, 4) is 0 Å². The van der Waals surface area contributed by atoms with E-state index in [2.05, 4.69) is 10.4 Å². The topological polar surface area (TPSA) is 72.9 Å². The number of nitrogen functional groups attached to an aromatic ring is 1. The smallest absolute Gasteiger partial charge is 0.258 e. The number of hydrogen-bond donors (Lipinski definition) is 2. The maximum atomic E-state index is 12.1. The van der Waals surface area contributed by atoms with Crippen molar-refractivity contribution in [3.05, 3.63) is 40.5 Å². The Kier molecular flexibility index (Phi) is 3.25. The second-order valence-electron chi connectivity index (χ2n) is 3.96. The molecule has 18 heavy (non-hydrogen) atoms. The fraction of sp³-hybridized carbons (Fsp3) is 0.167. The van der Waals surface area contributed by atoms with Crippen LogP contribution in [0.1, 0.15) is 16.1 Å². The molecule has 0 atom stereocenters. The molecule has 0 fully saturated rings. The van der Waals surface area contributed by atoms with Crippen LogP contribution in [0.15, 0.2) is 24.3 Å². The maximum Gasteiger partial charge on any atom is 0.258 e. The Morgan fingerprint density at radius 1 is 1.50 bits per heavy atom. The largest absolute Gasteiger partial charge is 0.398 e. The molecule has 6 heteroatoms. The summed E-state index contributed by atoms with van der Waals surface area (Å²) in [5.41, 5.74) is 7.20. The first-order chi connectivity index (χ1) is 8.49. The number of carbonyl (C=O) groups is 1. The molecule has 1 aromatic heterocycles. The standard InChI is InChI=1S/C12H13ClN4O/c1-7-6-10(17(2)16-7)15-12(18)8-4-3-5-9(14)11(8)13/h3-6H,14H2,1-2H3,(H,15,18). The number of rotatable bonds is 2. The number of halogens is 1. The third-order valence-electron chi connectivity index (χ3n) is 2.52.